The maximum atomic E-state index is 4.50. The van der Waals surface area contributed by atoms with Crippen molar-refractivity contribution in [1.29, 1.82) is 0 Å². The summed E-state index contributed by atoms with van der Waals surface area (Å²) in [5, 5.41) is 1.03. The lowest BCUT2D eigenvalue weighted by Gasteiger charge is -2.29. The number of nitrogens with zero attached hydrogens (tertiary/aromatic N) is 2. The molecule has 0 N–H and O–H groups in total. The standard InChI is InChI=1S/C12H16Br2N2/c13-8-11-4-2-1-3-7-16(11)12-6-5-10(14)9-15-12/h5-6,9,11H,1-4,7-8H2. The van der Waals surface area contributed by atoms with Crippen molar-refractivity contribution >= 4 is 37.7 Å². The maximum Gasteiger partial charge on any atom is 0.128 e. The van der Waals surface area contributed by atoms with Gasteiger partial charge in [0, 0.05) is 28.6 Å². The van der Waals surface area contributed by atoms with Crippen LogP contribution in [0.2, 0.25) is 0 Å². The molecule has 16 heavy (non-hydrogen) atoms. The van der Waals surface area contributed by atoms with Gasteiger partial charge in [0.2, 0.25) is 0 Å². The van der Waals surface area contributed by atoms with Crippen LogP contribution in [-0.4, -0.2) is 22.9 Å². The Labute approximate surface area is 114 Å². The van der Waals surface area contributed by atoms with Gasteiger partial charge in [-0.1, -0.05) is 28.8 Å². The second kappa shape index (κ2) is 6.01. The zero-order valence-electron chi connectivity index (χ0n) is 9.20. The van der Waals surface area contributed by atoms with Crippen LogP contribution < -0.4 is 4.90 Å². The largest absolute Gasteiger partial charge is 0.353 e. The lowest BCUT2D eigenvalue weighted by Crippen LogP contribution is -2.36. The molecule has 2 heterocycles. The van der Waals surface area contributed by atoms with Crippen LogP contribution in [-0.2, 0) is 0 Å². The van der Waals surface area contributed by atoms with Crippen LogP contribution in [0.1, 0.15) is 25.7 Å². The monoisotopic (exact) mass is 346 g/mol. The van der Waals surface area contributed by atoms with E-state index in [9.17, 15) is 0 Å². The van der Waals surface area contributed by atoms with Gasteiger partial charge in [-0.25, -0.2) is 4.98 Å². The van der Waals surface area contributed by atoms with Gasteiger partial charge in [0.15, 0.2) is 0 Å². The Morgan fingerprint density at radius 1 is 1.31 bits per heavy atom. The molecule has 1 aliphatic rings. The van der Waals surface area contributed by atoms with Gasteiger partial charge in [0.25, 0.3) is 0 Å². The second-order valence-electron chi connectivity index (χ2n) is 4.19. The molecule has 1 saturated heterocycles. The van der Waals surface area contributed by atoms with Gasteiger partial charge < -0.3 is 4.90 Å². The number of hydrogen-bond donors (Lipinski definition) is 0. The van der Waals surface area contributed by atoms with Crippen molar-refractivity contribution < 1.29 is 0 Å². The van der Waals surface area contributed by atoms with Gasteiger partial charge >= 0.3 is 0 Å². The van der Waals surface area contributed by atoms with Gasteiger partial charge in [0.1, 0.15) is 5.82 Å². The summed E-state index contributed by atoms with van der Waals surface area (Å²) >= 11 is 7.05. The molecule has 1 atom stereocenters. The first-order valence-electron chi connectivity index (χ1n) is 5.75. The smallest absolute Gasteiger partial charge is 0.128 e. The fourth-order valence-electron chi connectivity index (χ4n) is 2.18. The Bertz CT molecular complexity index is 326. The lowest BCUT2D eigenvalue weighted by molar-refractivity contribution is 0.621. The third-order valence-corrected chi connectivity index (χ3v) is 4.28. The van der Waals surface area contributed by atoms with E-state index < -0.39 is 0 Å². The fraction of sp³-hybridized carbons (Fsp3) is 0.583. The summed E-state index contributed by atoms with van der Waals surface area (Å²) in [5.74, 6) is 1.11. The van der Waals surface area contributed by atoms with Crippen LogP contribution >= 0.6 is 31.9 Å². The van der Waals surface area contributed by atoms with Crippen LogP contribution in [0.3, 0.4) is 0 Å². The molecule has 1 unspecified atom stereocenters. The van der Waals surface area contributed by atoms with E-state index in [1.165, 1.54) is 25.7 Å². The lowest BCUT2D eigenvalue weighted by atomic mass is 10.1. The van der Waals surface area contributed by atoms with E-state index in [0.29, 0.717) is 6.04 Å². The minimum atomic E-state index is 0.594. The zero-order valence-corrected chi connectivity index (χ0v) is 12.4. The molecule has 0 aromatic carbocycles. The number of alkyl halides is 1. The van der Waals surface area contributed by atoms with Crippen LogP contribution in [0.5, 0.6) is 0 Å². The average molecular weight is 348 g/mol. The van der Waals surface area contributed by atoms with Gasteiger partial charge in [-0.3, -0.25) is 0 Å². The minimum Gasteiger partial charge on any atom is -0.353 e. The Kier molecular flexibility index (Phi) is 4.65. The molecule has 0 aliphatic carbocycles. The number of pyridine rings is 1. The van der Waals surface area contributed by atoms with E-state index in [1.54, 1.807) is 0 Å². The van der Waals surface area contributed by atoms with E-state index in [4.69, 9.17) is 0 Å². The average Bonchev–Trinajstić information content (AvgIpc) is 2.55. The highest BCUT2D eigenvalue weighted by Crippen LogP contribution is 2.24. The highest BCUT2D eigenvalue weighted by Gasteiger charge is 2.20. The molecule has 1 fully saturated rings. The number of aromatic nitrogens is 1. The van der Waals surface area contributed by atoms with Crippen LogP contribution in [0.15, 0.2) is 22.8 Å². The number of rotatable bonds is 2. The van der Waals surface area contributed by atoms with Gasteiger partial charge in [-0.2, -0.15) is 0 Å². The number of hydrogen-bond acceptors (Lipinski definition) is 2. The summed E-state index contributed by atoms with van der Waals surface area (Å²) in [6.45, 7) is 1.13. The molecule has 1 aromatic heterocycles. The van der Waals surface area contributed by atoms with Gasteiger partial charge in [-0.05, 0) is 40.9 Å². The Morgan fingerprint density at radius 3 is 2.88 bits per heavy atom. The van der Waals surface area contributed by atoms with E-state index in [0.717, 1.165) is 22.2 Å². The molecule has 0 spiro atoms. The summed E-state index contributed by atoms with van der Waals surface area (Å²) in [6, 6.07) is 4.76. The van der Waals surface area contributed by atoms with Gasteiger partial charge in [0.05, 0.1) is 0 Å². The summed E-state index contributed by atoms with van der Waals surface area (Å²) < 4.78 is 1.04. The van der Waals surface area contributed by atoms with Crippen molar-refractivity contribution in [3.8, 4) is 0 Å². The molecule has 1 aromatic rings. The normalized spacial score (nSPS) is 21.9. The van der Waals surface area contributed by atoms with E-state index in [-0.39, 0.29) is 0 Å². The summed E-state index contributed by atoms with van der Waals surface area (Å²) in [7, 11) is 0. The molecule has 1 aliphatic heterocycles. The Hall–Kier alpha value is -0.0900. The molecule has 0 radical (unpaired) electrons. The summed E-state index contributed by atoms with van der Waals surface area (Å²) in [5.41, 5.74) is 0. The molecule has 88 valence electrons. The quantitative estimate of drug-likeness (QED) is 0.752. The Balaban J connectivity index is 2.18. The second-order valence-corrected chi connectivity index (χ2v) is 5.75. The fourth-order valence-corrected chi connectivity index (χ4v) is 3.09. The number of halogens is 2. The molecule has 0 bridgehead atoms. The predicted octanol–water partition coefficient (Wildman–Crippen LogP) is 3.99. The first kappa shape index (κ1) is 12.4. The highest BCUT2D eigenvalue weighted by atomic mass is 79.9. The van der Waals surface area contributed by atoms with Crippen LogP contribution in [0.25, 0.3) is 0 Å². The third kappa shape index (κ3) is 2.98. The van der Waals surface area contributed by atoms with Crippen molar-refractivity contribution in [2.45, 2.75) is 31.7 Å². The molecule has 4 heteroatoms. The molecule has 0 saturated carbocycles. The van der Waals surface area contributed by atoms with Crippen LogP contribution in [0.4, 0.5) is 5.82 Å². The highest BCUT2D eigenvalue weighted by molar-refractivity contribution is 9.10. The van der Waals surface area contributed by atoms with Crippen molar-refractivity contribution in [1.82, 2.24) is 4.98 Å². The van der Waals surface area contributed by atoms with Gasteiger partial charge in [-0.15, -0.1) is 0 Å². The first-order chi connectivity index (χ1) is 7.81. The third-order valence-electron chi connectivity index (χ3n) is 3.06. The topological polar surface area (TPSA) is 16.1 Å². The SMILES string of the molecule is BrCC1CCCCCN1c1ccc(Br)cn1. The van der Waals surface area contributed by atoms with Crippen molar-refractivity contribution in [2.24, 2.45) is 0 Å². The van der Waals surface area contributed by atoms with E-state index in [2.05, 4.69) is 53.9 Å². The van der Waals surface area contributed by atoms with E-state index >= 15 is 0 Å². The van der Waals surface area contributed by atoms with Crippen molar-refractivity contribution in [2.75, 3.05) is 16.8 Å². The molecular weight excluding hydrogens is 332 g/mol. The Morgan fingerprint density at radius 2 is 2.19 bits per heavy atom. The zero-order chi connectivity index (χ0) is 11.4. The van der Waals surface area contributed by atoms with E-state index in [1.807, 2.05) is 6.20 Å². The maximum absolute atomic E-state index is 4.50. The molecule has 0 amide bonds. The summed E-state index contributed by atoms with van der Waals surface area (Å²) in [6.07, 6.45) is 7.11. The van der Waals surface area contributed by atoms with Crippen LogP contribution in [0, 0.1) is 0 Å². The molecule has 2 rings (SSSR count). The van der Waals surface area contributed by atoms with Crippen molar-refractivity contribution in [3.63, 3.8) is 0 Å². The number of anilines is 1. The molecule has 2 nitrogen and oxygen atoms in total. The molecular formula is C12H16Br2N2. The summed E-state index contributed by atoms with van der Waals surface area (Å²) in [4.78, 5) is 6.94. The predicted molar refractivity (Wildman–Crippen MR) is 75.3 cm³/mol. The first-order valence-corrected chi connectivity index (χ1v) is 7.67. The minimum absolute atomic E-state index is 0.594. The van der Waals surface area contributed by atoms with Crippen molar-refractivity contribution in [3.05, 3.63) is 22.8 Å².